The molecule has 1 aromatic rings. The number of rotatable bonds is 5. The van der Waals surface area contributed by atoms with Gasteiger partial charge in [0.1, 0.15) is 5.82 Å². The Morgan fingerprint density at radius 3 is 2.88 bits per heavy atom. The van der Waals surface area contributed by atoms with Crippen LogP contribution in [0.15, 0.2) is 12.3 Å². The highest BCUT2D eigenvalue weighted by Crippen LogP contribution is 2.20. The Balaban J connectivity index is 2.90. The molecule has 1 unspecified atom stereocenters. The van der Waals surface area contributed by atoms with Gasteiger partial charge in [0.05, 0.1) is 23.6 Å². The summed E-state index contributed by atoms with van der Waals surface area (Å²) in [6.45, 7) is 3.52. The first kappa shape index (κ1) is 12.4. The van der Waals surface area contributed by atoms with Crippen LogP contribution in [0.25, 0.3) is 0 Å². The molecule has 0 fully saturated rings. The van der Waals surface area contributed by atoms with Crippen molar-refractivity contribution in [2.45, 2.75) is 26.3 Å². The van der Waals surface area contributed by atoms with Gasteiger partial charge >= 0.3 is 0 Å². The number of aliphatic hydroxyl groups excluding tert-OH is 1. The van der Waals surface area contributed by atoms with Crippen LogP contribution in [0.5, 0.6) is 0 Å². The predicted octanol–water partition coefficient (Wildman–Crippen LogP) is 1.48. The van der Waals surface area contributed by atoms with Crippen LogP contribution < -0.4 is 5.32 Å². The highest BCUT2D eigenvalue weighted by Gasteiger charge is 2.13. The Labute approximate surface area is 93.5 Å². The molecule has 0 aliphatic rings. The number of pyridine rings is 1. The number of nitrogens with zero attached hydrogens (tertiary/aromatic N) is 2. The van der Waals surface area contributed by atoms with Crippen molar-refractivity contribution in [2.24, 2.45) is 0 Å². The quantitative estimate of drug-likeness (QED) is 0.585. The Kier molecular flexibility index (Phi) is 4.19. The number of aliphatic hydroxyl groups is 1. The molecule has 0 bridgehead atoms. The highest BCUT2D eigenvalue weighted by molar-refractivity contribution is 5.49. The molecule has 16 heavy (non-hydrogen) atoms. The molecule has 0 aromatic carbocycles. The van der Waals surface area contributed by atoms with Gasteiger partial charge < -0.3 is 10.4 Å². The largest absolute Gasteiger partial charge is 0.394 e. The minimum Gasteiger partial charge on any atom is -0.394 e. The first-order valence-corrected chi connectivity index (χ1v) is 5.07. The van der Waals surface area contributed by atoms with E-state index in [1.807, 2.05) is 6.92 Å². The fourth-order valence-electron chi connectivity index (χ4n) is 1.27. The summed E-state index contributed by atoms with van der Waals surface area (Å²) in [4.78, 5) is 14.3. The van der Waals surface area contributed by atoms with E-state index in [9.17, 15) is 10.1 Å². The van der Waals surface area contributed by atoms with Crippen LogP contribution in [0.1, 0.15) is 18.9 Å². The third kappa shape index (κ3) is 2.90. The van der Waals surface area contributed by atoms with Crippen molar-refractivity contribution >= 4 is 11.5 Å². The van der Waals surface area contributed by atoms with Gasteiger partial charge in [-0.3, -0.25) is 10.1 Å². The zero-order chi connectivity index (χ0) is 12.1. The van der Waals surface area contributed by atoms with E-state index < -0.39 is 4.92 Å². The van der Waals surface area contributed by atoms with Crippen molar-refractivity contribution in [1.29, 1.82) is 0 Å². The van der Waals surface area contributed by atoms with Crippen LogP contribution in [-0.4, -0.2) is 27.7 Å². The van der Waals surface area contributed by atoms with Crippen molar-refractivity contribution < 1.29 is 10.0 Å². The lowest BCUT2D eigenvalue weighted by molar-refractivity contribution is -0.385. The second-order valence-corrected chi connectivity index (χ2v) is 3.55. The van der Waals surface area contributed by atoms with E-state index in [1.54, 1.807) is 6.92 Å². The number of aromatic nitrogens is 1. The van der Waals surface area contributed by atoms with Crippen LogP contribution in [0.2, 0.25) is 0 Å². The van der Waals surface area contributed by atoms with Gasteiger partial charge in [0.15, 0.2) is 0 Å². The number of nitro groups is 1. The van der Waals surface area contributed by atoms with Crippen molar-refractivity contribution in [3.8, 4) is 0 Å². The third-order valence-corrected chi connectivity index (χ3v) is 2.34. The molecular formula is C10H15N3O3. The Morgan fingerprint density at radius 1 is 1.69 bits per heavy atom. The molecular weight excluding hydrogens is 210 g/mol. The van der Waals surface area contributed by atoms with Crippen LogP contribution in [0.3, 0.4) is 0 Å². The van der Waals surface area contributed by atoms with E-state index in [2.05, 4.69) is 10.3 Å². The van der Waals surface area contributed by atoms with Crippen molar-refractivity contribution in [1.82, 2.24) is 4.98 Å². The topological polar surface area (TPSA) is 88.3 Å². The normalized spacial score (nSPS) is 12.2. The summed E-state index contributed by atoms with van der Waals surface area (Å²) in [7, 11) is 0. The smallest absolute Gasteiger partial charge is 0.277 e. The van der Waals surface area contributed by atoms with E-state index >= 15 is 0 Å². The summed E-state index contributed by atoms with van der Waals surface area (Å²) in [6, 6.07) is 1.25. The molecule has 0 radical (unpaired) electrons. The van der Waals surface area contributed by atoms with Gasteiger partial charge in [-0.25, -0.2) is 4.98 Å². The lowest BCUT2D eigenvalue weighted by Gasteiger charge is -2.14. The fourth-order valence-corrected chi connectivity index (χ4v) is 1.27. The zero-order valence-corrected chi connectivity index (χ0v) is 9.30. The molecule has 0 saturated heterocycles. The van der Waals surface area contributed by atoms with Gasteiger partial charge in [0.25, 0.3) is 5.69 Å². The Bertz CT molecular complexity index is 378. The predicted molar refractivity (Wildman–Crippen MR) is 60.4 cm³/mol. The zero-order valence-electron chi connectivity index (χ0n) is 9.30. The molecule has 6 heteroatoms. The molecule has 1 rings (SSSR count). The van der Waals surface area contributed by atoms with Gasteiger partial charge in [-0.05, 0) is 13.3 Å². The van der Waals surface area contributed by atoms with Gasteiger partial charge in [0, 0.05) is 11.8 Å². The summed E-state index contributed by atoms with van der Waals surface area (Å²) in [6.07, 6.45) is 2.17. The van der Waals surface area contributed by atoms with Gasteiger partial charge in [-0.1, -0.05) is 6.92 Å². The second-order valence-electron chi connectivity index (χ2n) is 3.55. The number of hydrogen-bond donors (Lipinski definition) is 2. The van der Waals surface area contributed by atoms with Crippen LogP contribution >= 0.6 is 0 Å². The van der Waals surface area contributed by atoms with Crippen LogP contribution in [-0.2, 0) is 0 Å². The average molecular weight is 225 g/mol. The molecule has 1 atom stereocenters. The third-order valence-electron chi connectivity index (χ3n) is 2.34. The Hall–Kier alpha value is -1.69. The number of anilines is 1. The fraction of sp³-hybridized carbons (Fsp3) is 0.500. The maximum Gasteiger partial charge on any atom is 0.277 e. The van der Waals surface area contributed by atoms with Crippen molar-refractivity contribution in [3.63, 3.8) is 0 Å². The molecule has 0 amide bonds. The van der Waals surface area contributed by atoms with Gasteiger partial charge in [-0.15, -0.1) is 0 Å². The van der Waals surface area contributed by atoms with Crippen molar-refractivity contribution in [2.75, 3.05) is 11.9 Å². The van der Waals surface area contributed by atoms with E-state index in [4.69, 9.17) is 5.11 Å². The van der Waals surface area contributed by atoms with E-state index in [0.29, 0.717) is 11.4 Å². The van der Waals surface area contributed by atoms with Crippen LogP contribution in [0, 0.1) is 17.0 Å². The van der Waals surface area contributed by atoms with E-state index in [0.717, 1.165) is 6.42 Å². The second kappa shape index (κ2) is 5.41. The number of nitrogens with one attached hydrogen (secondary N) is 1. The maximum atomic E-state index is 10.7. The monoisotopic (exact) mass is 225 g/mol. The van der Waals surface area contributed by atoms with Gasteiger partial charge in [0.2, 0.25) is 0 Å². The molecule has 88 valence electrons. The molecule has 1 aromatic heterocycles. The lowest BCUT2D eigenvalue weighted by Crippen LogP contribution is -2.23. The first-order valence-electron chi connectivity index (χ1n) is 5.07. The van der Waals surface area contributed by atoms with Crippen LogP contribution in [0.4, 0.5) is 11.5 Å². The van der Waals surface area contributed by atoms with E-state index in [-0.39, 0.29) is 18.3 Å². The minimum absolute atomic E-state index is 0.0279. The molecule has 6 nitrogen and oxygen atoms in total. The standard InChI is InChI=1S/C10H15N3O3/c1-3-8(6-14)12-10-4-9(13(15)16)7(2)5-11-10/h4-5,8,14H,3,6H2,1-2H3,(H,11,12). The molecule has 0 spiro atoms. The minimum atomic E-state index is -0.442. The Morgan fingerprint density at radius 2 is 2.38 bits per heavy atom. The van der Waals surface area contributed by atoms with E-state index in [1.165, 1.54) is 12.3 Å². The number of hydrogen-bond acceptors (Lipinski definition) is 5. The molecule has 0 aliphatic heterocycles. The summed E-state index contributed by atoms with van der Waals surface area (Å²) < 4.78 is 0. The molecule has 0 saturated carbocycles. The number of aryl methyl sites for hydroxylation is 1. The summed E-state index contributed by atoms with van der Waals surface area (Å²) in [5.74, 6) is 0.415. The molecule has 1 heterocycles. The summed E-state index contributed by atoms with van der Waals surface area (Å²) in [5, 5.41) is 22.6. The summed E-state index contributed by atoms with van der Waals surface area (Å²) >= 11 is 0. The van der Waals surface area contributed by atoms with Crippen molar-refractivity contribution in [3.05, 3.63) is 27.9 Å². The summed E-state index contributed by atoms with van der Waals surface area (Å²) in [5.41, 5.74) is 0.554. The average Bonchev–Trinajstić information content (AvgIpc) is 2.27. The van der Waals surface area contributed by atoms with Gasteiger partial charge in [-0.2, -0.15) is 0 Å². The lowest BCUT2D eigenvalue weighted by atomic mass is 10.2. The molecule has 0 aliphatic carbocycles. The first-order chi connectivity index (χ1) is 7.58. The highest BCUT2D eigenvalue weighted by atomic mass is 16.6. The molecule has 2 N–H and O–H groups in total. The maximum absolute atomic E-state index is 10.7. The SMILES string of the molecule is CCC(CO)Nc1cc([N+](=O)[O-])c(C)cn1.